The number of aryl methyl sites for hydroxylation is 1. The van der Waals surface area contributed by atoms with Crippen molar-refractivity contribution in [3.8, 4) is 11.8 Å². The summed E-state index contributed by atoms with van der Waals surface area (Å²) in [7, 11) is 1.63. The van der Waals surface area contributed by atoms with Gasteiger partial charge in [-0.1, -0.05) is 51.1 Å². The van der Waals surface area contributed by atoms with Gasteiger partial charge in [0.2, 0.25) is 5.79 Å². The van der Waals surface area contributed by atoms with Gasteiger partial charge in [0.25, 0.3) is 0 Å². The predicted octanol–water partition coefficient (Wildman–Crippen LogP) is 5.37. The van der Waals surface area contributed by atoms with E-state index in [1.807, 2.05) is 58.0 Å². The summed E-state index contributed by atoms with van der Waals surface area (Å²) in [5, 5.41) is 9.43. The molecule has 1 fully saturated rings. The second kappa shape index (κ2) is 9.56. The first-order valence-corrected chi connectivity index (χ1v) is 11.8. The number of ether oxygens (including phenoxy) is 3. The molecule has 0 spiro atoms. The molecule has 1 heterocycles. The third-order valence-corrected chi connectivity index (χ3v) is 7.02. The van der Waals surface area contributed by atoms with Gasteiger partial charge in [0.15, 0.2) is 11.6 Å². The van der Waals surface area contributed by atoms with Crippen LogP contribution in [0.2, 0.25) is 0 Å². The first-order valence-electron chi connectivity index (χ1n) is 11.8. The fraction of sp³-hybridized carbons (Fsp3) is 0.483. The lowest BCUT2D eigenvalue weighted by atomic mass is 9.65. The van der Waals surface area contributed by atoms with Gasteiger partial charge in [0.05, 0.1) is 31.3 Å². The number of carbonyl (C=O) groups excluding carboxylic acids is 2. The van der Waals surface area contributed by atoms with Gasteiger partial charge >= 0.3 is 0 Å². The summed E-state index contributed by atoms with van der Waals surface area (Å²) in [6.07, 6.45) is 9.17. The second-order valence-electron chi connectivity index (χ2n) is 10.8. The van der Waals surface area contributed by atoms with Gasteiger partial charge in [0.1, 0.15) is 11.8 Å². The molecule has 186 valence electrons. The van der Waals surface area contributed by atoms with Crippen molar-refractivity contribution in [2.45, 2.75) is 53.8 Å². The van der Waals surface area contributed by atoms with Crippen LogP contribution in [0.4, 0.5) is 0 Å². The lowest BCUT2D eigenvalue weighted by Crippen LogP contribution is -2.48. The predicted molar refractivity (Wildman–Crippen MR) is 135 cm³/mol. The number of rotatable bonds is 7. The molecule has 0 saturated carbocycles. The Morgan fingerprint density at radius 1 is 1.17 bits per heavy atom. The molecule has 1 aliphatic carbocycles. The zero-order chi connectivity index (χ0) is 26.1. The molecule has 1 aromatic rings. The number of allylic oxidation sites excluding steroid dienone is 4. The van der Waals surface area contributed by atoms with Crippen LogP contribution >= 0.6 is 0 Å². The van der Waals surface area contributed by atoms with Crippen LogP contribution in [0.1, 0.15) is 52.2 Å². The average Bonchev–Trinajstić information content (AvgIpc) is 3.30. The van der Waals surface area contributed by atoms with Crippen molar-refractivity contribution in [3.63, 3.8) is 0 Å². The van der Waals surface area contributed by atoms with Crippen molar-refractivity contribution in [2.75, 3.05) is 20.3 Å². The number of nitrogens with zero attached hydrogens (tertiary/aromatic N) is 1. The average molecular weight is 478 g/mol. The van der Waals surface area contributed by atoms with Crippen molar-refractivity contribution < 1.29 is 23.8 Å². The first kappa shape index (κ1) is 26.6. The van der Waals surface area contributed by atoms with Crippen LogP contribution in [0.5, 0.6) is 5.75 Å². The number of carbonyl (C=O) groups is 2. The van der Waals surface area contributed by atoms with Crippen LogP contribution in [-0.2, 0) is 19.1 Å². The van der Waals surface area contributed by atoms with Gasteiger partial charge in [-0.05, 0) is 56.5 Å². The van der Waals surface area contributed by atoms with Crippen LogP contribution in [-0.4, -0.2) is 37.7 Å². The minimum atomic E-state index is -1.23. The SMILES string of the molecule is COc1cc(/C=C/C2(C(C)(C)C(=O)/C=C/[C@@]3(C)C=C(C#N)C(=O)C(C)(C)C3)OCCO2)ccc1C. The Labute approximate surface area is 208 Å². The maximum absolute atomic E-state index is 13.5. The molecule has 1 aliphatic heterocycles. The highest BCUT2D eigenvalue weighted by Crippen LogP contribution is 2.45. The van der Waals surface area contributed by atoms with Gasteiger partial charge in [-0.2, -0.15) is 5.26 Å². The number of methoxy groups -OCH3 is 1. The summed E-state index contributed by atoms with van der Waals surface area (Å²) in [4.78, 5) is 26.0. The summed E-state index contributed by atoms with van der Waals surface area (Å²) >= 11 is 0. The zero-order valence-electron chi connectivity index (χ0n) is 21.7. The van der Waals surface area contributed by atoms with Crippen molar-refractivity contribution in [3.05, 3.63) is 59.2 Å². The summed E-state index contributed by atoms with van der Waals surface area (Å²) in [5.41, 5.74) is -0.260. The molecule has 0 aromatic heterocycles. The lowest BCUT2D eigenvalue weighted by molar-refractivity contribution is -0.191. The molecule has 0 bridgehead atoms. The topological polar surface area (TPSA) is 85.6 Å². The van der Waals surface area contributed by atoms with Crippen LogP contribution in [0.3, 0.4) is 0 Å². The van der Waals surface area contributed by atoms with E-state index in [-0.39, 0.29) is 17.1 Å². The van der Waals surface area contributed by atoms with Crippen molar-refractivity contribution in [1.82, 2.24) is 0 Å². The van der Waals surface area contributed by atoms with E-state index in [0.717, 1.165) is 16.9 Å². The molecule has 3 rings (SSSR count). The molecule has 0 radical (unpaired) electrons. The summed E-state index contributed by atoms with van der Waals surface area (Å²) in [5.74, 6) is -0.793. The van der Waals surface area contributed by atoms with E-state index in [2.05, 4.69) is 0 Å². The van der Waals surface area contributed by atoms with Crippen molar-refractivity contribution in [1.29, 1.82) is 5.26 Å². The molecule has 6 nitrogen and oxygen atoms in total. The normalized spacial score (nSPS) is 23.9. The van der Waals surface area contributed by atoms with Crippen molar-refractivity contribution >= 4 is 17.6 Å². The van der Waals surface area contributed by atoms with Gasteiger partial charge in [-0.3, -0.25) is 9.59 Å². The van der Waals surface area contributed by atoms with Crippen LogP contribution < -0.4 is 4.74 Å². The molecular weight excluding hydrogens is 442 g/mol. The van der Waals surface area contributed by atoms with Crippen LogP contribution in [0.15, 0.2) is 48.1 Å². The van der Waals surface area contributed by atoms with E-state index in [4.69, 9.17) is 14.2 Å². The quantitative estimate of drug-likeness (QED) is 0.491. The molecule has 6 heteroatoms. The molecule has 0 amide bonds. The van der Waals surface area contributed by atoms with E-state index < -0.39 is 22.0 Å². The summed E-state index contributed by atoms with van der Waals surface area (Å²) in [6, 6.07) is 7.88. The minimum Gasteiger partial charge on any atom is -0.496 e. The number of hydrogen-bond acceptors (Lipinski definition) is 6. The Bertz CT molecular complexity index is 1140. The van der Waals surface area contributed by atoms with E-state index in [1.165, 1.54) is 6.08 Å². The Morgan fingerprint density at radius 2 is 1.83 bits per heavy atom. The molecule has 1 saturated heterocycles. The van der Waals surface area contributed by atoms with Gasteiger partial charge in [0, 0.05) is 10.8 Å². The maximum atomic E-state index is 13.5. The molecule has 1 aromatic carbocycles. The van der Waals surface area contributed by atoms with Gasteiger partial charge in [-0.25, -0.2) is 0 Å². The van der Waals surface area contributed by atoms with Crippen LogP contribution in [0, 0.1) is 34.5 Å². The molecule has 0 N–H and O–H groups in total. The number of nitriles is 1. The minimum absolute atomic E-state index is 0.135. The molecule has 1 atom stereocenters. The maximum Gasteiger partial charge on any atom is 0.200 e. The first-order chi connectivity index (χ1) is 16.3. The van der Waals surface area contributed by atoms with E-state index in [9.17, 15) is 14.9 Å². The second-order valence-corrected chi connectivity index (χ2v) is 10.8. The Morgan fingerprint density at radius 3 is 2.43 bits per heavy atom. The number of Topliss-reactive ketones (excluding diaryl/α,β-unsaturated/α-hetero) is 1. The third-order valence-electron chi connectivity index (χ3n) is 7.02. The highest BCUT2D eigenvalue weighted by molar-refractivity contribution is 6.04. The standard InChI is InChI=1S/C29H35NO5/c1-20-8-9-21(16-23(20)33-7)10-13-29(34-14-15-35-29)27(4,5)24(31)11-12-28(6)17-22(18-30)25(32)26(2,3)19-28/h8-13,16-17H,14-15,19H2,1-7H3/b12-11+,13-10+/t28-/m0/s1. The fourth-order valence-electron chi connectivity index (χ4n) is 4.92. The lowest BCUT2D eigenvalue weighted by Gasteiger charge is -2.39. The van der Waals surface area contributed by atoms with E-state index in [1.54, 1.807) is 39.2 Å². The Hall–Kier alpha value is -3.01. The van der Waals surface area contributed by atoms with E-state index in [0.29, 0.717) is 19.6 Å². The molecule has 35 heavy (non-hydrogen) atoms. The smallest absolute Gasteiger partial charge is 0.200 e. The number of benzene rings is 1. The highest BCUT2D eigenvalue weighted by atomic mass is 16.7. The van der Waals surface area contributed by atoms with Gasteiger partial charge in [-0.15, -0.1) is 0 Å². The number of ketones is 2. The van der Waals surface area contributed by atoms with Crippen molar-refractivity contribution in [2.24, 2.45) is 16.2 Å². The van der Waals surface area contributed by atoms with Crippen LogP contribution in [0.25, 0.3) is 6.08 Å². The fourth-order valence-corrected chi connectivity index (χ4v) is 4.92. The Balaban J connectivity index is 1.90. The molecular formula is C29H35NO5. The summed E-state index contributed by atoms with van der Waals surface area (Å²) in [6.45, 7) is 11.9. The summed E-state index contributed by atoms with van der Waals surface area (Å²) < 4.78 is 17.5. The zero-order valence-corrected chi connectivity index (χ0v) is 21.7. The molecule has 0 unspecified atom stereocenters. The van der Waals surface area contributed by atoms with E-state index >= 15 is 0 Å². The monoisotopic (exact) mass is 477 g/mol. The Kier molecular flexibility index (Phi) is 7.26. The third kappa shape index (κ3) is 5.17. The largest absolute Gasteiger partial charge is 0.496 e. The number of hydrogen-bond donors (Lipinski definition) is 0. The highest BCUT2D eigenvalue weighted by Gasteiger charge is 2.52. The van der Waals surface area contributed by atoms with Gasteiger partial charge < -0.3 is 14.2 Å². The molecule has 2 aliphatic rings.